The zero-order chi connectivity index (χ0) is 19.8. The van der Waals surface area contributed by atoms with Crippen LogP contribution in [0.4, 0.5) is 0 Å². The molecule has 0 saturated carbocycles. The largest absolute Gasteiger partial charge is 0.391 e. The van der Waals surface area contributed by atoms with Crippen molar-refractivity contribution < 1.29 is 24.4 Å². The highest BCUT2D eigenvalue weighted by atomic mass is 16.7. The van der Waals surface area contributed by atoms with Crippen LogP contribution in [0.5, 0.6) is 0 Å². The molecule has 1 aliphatic heterocycles. The second-order valence-electron chi connectivity index (χ2n) is 6.56. The summed E-state index contributed by atoms with van der Waals surface area (Å²) in [5, 5.41) is 24.2. The maximum atomic E-state index is 10.8. The Labute approximate surface area is 162 Å². The van der Waals surface area contributed by atoms with Gasteiger partial charge in [-0.05, 0) is 16.7 Å². The van der Waals surface area contributed by atoms with Gasteiger partial charge in [0.05, 0.1) is 32.5 Å². The van der Waals surface area contributed by atoms with Crippen molar-refractivity contribution in [2.45, 2.75) is 37.3 Å². The highest BCUT2D eigenvalue weighted by Gasteiger charge is 2.51. The van der Waals surface area contributed by atoms with Crippen molar-refractivity contribution in [3.05, 3.63) is 82.2 Å². The topological polar surface area (TPSA) is 117 Å². The average Bonchev–Trinajstić information content (AvgIpc) is 2.74. The minimum atomic E-state index is -1.96. The molecule has 1 aliphatic rings. The van der Waals surface area contributed by atoms with Gasteiger partial charge in [-0.2, -0.15) is 0 Å². The molecule has 2 N–H and O–H groups in total. The van der Waals surface area contributed by atoms with Gasteiger partial charge in [-0.1, -0.05) is 65.8 Å². The normalized spacial score (nSPS) is 27.1. The molecule has 2 aromatic carbocycles. The molecule has 0 spiro atoms. The summed E-state index contributed by atoms with van der Waals surface area (Å²) in [6.45, 7) is -0.368. The van der Waals surface area contributed by atoms with Crippen molar-refractivity contribution in [1.82, 2.24) is 0 Å². The van der Waals surface area contributed by atoms with Crippen LogP contribution in [0.2, 0.25) is 0 Å². The van der Waals surface area contributed by atoms with Crippen LogP contribution >= 0.6 is 0 Å². The summed E-state index contributed by atoms with van der Waals surface area (Å²) >= 11 is 0. The van der Waals surface area contributed by atoms with E-state index in [9.17, 15) is 10.2 Å². The van der Waals surface area contributed by atoms with Gasteiger partial charge in [-0.3, -0.25) is 0 Å². The van der Waals surface area contributed by atoms with E-state index >= 15 is 0 Å². The molecule has 0 amide bonds. The lowest BCUT2D eigenvalue weighted by molar-refractivity contribution is -0.332. The Balaban J connectivity index is 1.81. The van der Waals surface area contributed by atoms with Crippen LogP contribution in [0, 0.1) is 0 Å². The molecule has 0 bridgehead atoms. The molecular weight excluding hydrogens is 362 g/mol. The van der Waals surface area contributed by atoms with Crippen molar-refractivity contribution in [2.24, 2.45) is 5.11 Å². The van der Waals surface area contributed by atoms with Gasteiger partial charge in [-0.15, -0.1) is 0 Å². The van der Waals surface area contributed by atoms with Gasteiger partial charge in [-0.25, -0.2) is 0 Å². The molecule has 0 aromatic heterocycles. The van der Waals surface area contributed by atoms with Crippen LogP contribution in [-0.2, 0) is 27.4 Å². The number of hydrogen-bond acceptors (Lipinski definition) is 6. The van der Waals surface area contributed by atoms with E-state index in [1.165, 1.54) is 0 Å². The van der Waals surface area contributed by atoms with Crippen molar-refractivity contribution in [2.75, 3.05) is 13.2 Å². The summed E-state index contributed by atoms with van der Waals surface area (Å²) in [6.07, 6.45) is -1.85. The third-order valence-electron chi connectivity index (χ3n) is 4.61. The zero-order valence-electron chi connectivity index (χ0n) is 15.3. The lowest BCUT2D eigenvalue weighted by atomic mass is 9.95. The molecule has 8 heteroatoms. The molecular formula is C20H23N3O5. The Morgan fingerprint density at radius 1 is 1.04 bits per heavy atom. The van der Waals surface area contributed by atoms with E-state index in [0.717, 1.165) is 11.1 Å². The molecule has 2 aromatic rings. The van der Waals surface area contributed by atoms with Crippen molar-refractivity contribution in [1.29, 1.82) is 0 Å². The number of rotatable bonds is 8. The Kier molecular flexibility index (Phi) is 7.00. The molecule has 8 nitrogen and oxygen atoms in total. The highest BCUT2D eigenvalue weighted by Crippen LogP contribution is 2.31. The second kappa shape index (κ2) is 9.66. The van der Waals surface area contributed by atoms with Gasteiger partial charge in [0.25, 0.3) is 0 Å². The van der Waals surface area contributed by atoms with Gasteiger partial charge in [0.15, 0.2) is 0 Å². The predicted molar refractivity (Wildman–Crippen MR) is 101 cm³/mol. The number of nitrogens with zero attached hydrogens (tertiary/aromatic N) is 3. The van der Waals surface area contributed by atoms with Gasteiger partial charge >= 0.3 is 0 Å². The molecule has 0 aliphatic carbocycles. The smallest absolute Gasteiger partial charge is 0.218 e. The van der Waals surface area contributed by atoms with Crippen LogP contribution in [0.15, 0.2) is 65.8 Å². The van der Waals surface area contributed by atoms with Crippen molar-refractivity contribution in [3.8, 4) is 0 Å². The van der Waals surface area contributed by atoms with Gasteiger partial charge < -0.3 is 24.4 Å². The Bertz CT molecular complexity index is 785. The maximum absolute atomic E-state index is 10.8. The minimum Gasteiger partial charge on any atom is -0.391 e. The van der Waals surface area contributed by atoms with Crippen LogP contribution in [0.25, 0.3) is 10.4 Å². The number of aliphatic hydroxyl groups excluding tert-OH is 1. The molecule has 1 saturated heterocycles. The Hall–Kier alpha value is -2.45. The summed E-state index contributed by atoms with van der Waals surface area (Å²) in [6, 6.07) is 18.2. The van der Waals surface area contributed by atoms with Gasteiger partial charge in [0, 0.05) is 4.91 Å². The molecule has 0 radical (unpaired) electrons. The van der Waals surface area contributed by atoms with E-state index in [1.54, 1.807) is 0 Å². The summed E-state index contributed by atoms with van der Waals surface area (Å²) in [5.41, 5.74) is 10.7. The number of azide groups is 1. The molecule has 3 rings (SSSR count). The fourth-order valence-electron chi connectivity index (χ4n) is 3.12. The summed E-state index contributed by atoms with van der Waals surface area (Å²) in [5.74, 6) is -1.96. The molecule has 4 atom stereocenters. The molecule has 148 valence electrons. The van der Waals surface area contributed by atoms with E-state index < -0.39 is 30.6 Å². The van der Waals surface area contributed by atoms with Crippen molar-refractivity contribution in [3.63, 3.8) is 0 Å². The second-order valence-corrected chi connectivity index (χ2v) is 6.56. The quantitative estimate of drug-likeness (QED) is 0.411. The molecule has 28 heavy (non-hydrogen) atoms. The molecule has 1 heterocycles. The van der Waals surface area contributed by atoms with Gasteiger partial charge in [0.2, 0.25) is 5.79 Å². The summed E-state index contributed by atoms with van der Waals surface area (Å²) in [7, 11) is 0. The van der Waals surface area contributed by atoms with Crippen LogP contribution in [-0.4, -0.2) is 47.5 Å². The average molecular weight is 385 g/mol. The lowest BCUT2D eigenvalue weighted by Gasteiger charge is -2.45. The van der Waals surface area contributed by atoms with E-state index in [2.05, 4.69) is 10.0 Å². The fourth-order valence-corrected chi connectivity index (χ4v) is 3.12. The monoisotopic (exact) mass is 385 g/mol. The van der Waals surface area contributed by atoms with Crippen LogP contribution in [0.1, 0.15) is 11.1 Å². The van der Waals surface area contributed by atoms with E-state index in [0.29, 0.717) is 0 Å². The zero-order valence-corrected chi connectivity index (χ0v) is 15.3. The number of ether oxygens (including phenoxy) is 3. The first-order valence-electron chi connectivity index (χ1n) is 8.99. The first-order chi connectivity index (χ1) is 13.7. The van der Waals surface area contributed by atoms with Gasteiger partial charge in [0.1, 0.15) is 12.2 Å². The number of hydrogen-bond donors (Lipinski definition) is 2. The first-order valence-corrected chi connectivity index (χ1v) is 8.99. The summed E-state index contributed by atoms with van der Waals surface area (Å²) in [4.78, 5) is 2.86. The number of benzene rings is 2. The third kappa shape index (κ3) is 4.88. The maximum Gasteiger partial charge on any atom is 0.218 e. The SMILES string of the molecule is [N-]=[N+]=N[C@@H]1CO[C@](O)(CO)[C@H](OCc2ccccc2)[C@@H]1OCc1ccccc1. The van der Waals surface area contributed by atoms with Crippen LogP contribution < -0.4 is 0 Å². The number of aliphatic hydroxyl groups is 2. The van der Waals surface area contributed by atoms with Crippen molar-refractivity contribution >= 4 is 0 Å². The predicted octanol–water partition coefficient (Wildman–Crippen LogP) is 2.55. The lowest BCUT2D eigenvalue weighted by Crippen LogP contribution is -2.63. The van der Waals surface area contributed by atoms with Crippen LogP contribution in [0.3, 0.4) is 0 Å². The molecule has 1 fully saturated rings. The van der Waals surface area contributed by atoms with E-state index in [4.69, 9.17) is 19.7 Å². The Morgan fingerprint density at radius 3 is 2.14 bits per heavy atom. The highest BCUT2D eigenvalue weighted by molar-refractivity contribution is 5.15. The Morgan fingerprint density at radius 2 is 1.61 bits per heavy atom. The summed E-state index contributed by atoms with van der Waals surface area (Å²) < 4.78 is 17.3. The minimum absolute atomic E-state index is 0.0915. The molecule has 0 unspecified atom stereocenters. The van der Waals surface area contributed by atoms with E-state index in [1.807, 2.05) is 60.7 Å². The first kappa shape index (κ1) is 20.3. The third-order valence-corrected chi connectivity index (χ3v) is 4.61. The fraction of sp³-hybridized carbons (Fsp3) is 0.400. The van der Waals surface area contributed by atoms with E-state index in [-0.39, 0.29) is 19.8 Å². The standard InChI is InChI=1S/C20H23N3O5/c21-23-22-17-13-28-20(25,14-24)19(27-12-16-9-5-2-6-10-16)18(17)26-11-15-7-3-1-4-8-15/h1-10,17-19,24-25H,11-14H2/t17-,18-,19-,20-/m1/s1.